The normalized spacial score (nSPS) is 22.5. The molecule has 0 aromatic rings. The predicted molar refractivity (Wildman–Crippen MR) is 59.2 cm³/mol. The third kappa shape index (κ3) is 5.74. The lowest BCUT2D eigenvalue weighted by molar-refractivity contribution is -0.146. The molecule has 0 bridgehead atoms. The molecule has 1 amide bonds. The summed E-state index contributed by atoms with van der Waals surface area (Å²) < 4.78 is 0. The minimum absolute atomic E-state index is 0.0152. The Labute approximate surface area is 91.7 Å². The van der Waals surface area contributed by atoms with Crippen LogP contribution in [0.25, 0.3) is 0 Å². The van der Waals surface area contributed by atoms with E-state index in [-0.39, 0.29) is 11.5 Å². The van der Waals surface area contributed by atoms with Crippen LogP contribution in [0.5, 0.6) is 0 Å². The smallest absolute Gasteiger partial charge is 0.243 e. The van der Waals surface area contributed by atoms with E-state index in [0.29, 0.717) is 12.3 Å². The Balaban J connectivity index is 2.17. The highest BCUT2D eigenvalue weighted by atomic mass is 16.7. The Morgan fingerprint density at radius 2 is 2.27 bits per heavy atom. The lowest BCUT2D eigenvalue weighted by Crippen LogP contribution is -2.37. The summed E-state index contributed by atoms with van der Waals surface area (Å²) in [4.78, 5) is 16.7. The van der Waals surface area contributed by atoms with E-state index in [1.165, 1.54) is 0 Å². The minimum Gasteiger partial charge on any atom is -0.316 e. The van der Waals surface area contributed by atoms with E-state index in [9.17, 15) is 4.79 Å². The molecular weight excluding hydrogens is 192 g/mol. The topological polar surface area (TPSA) is 50.4 Å². The molecule has 1 saturated heterocycles. The van der Waals surface area contributed by atoms with Gasteiger partial charge in [-0.1, -0.05) is 0 Å². The second kappa shape index (κ2) is 5.47. The summed E-state index contributed by atoms with van der Waals surface area (Å²) in [7, 11) is 0. The van der Waals surface area contributed by atoms with Crippen LogP contribution in [-0.2, 0) is 9.63 Å². The lowest BCUT2D eigenvalue weighted by Gasteiger charge is -2.23. The quantitative estimate of drug-likeness (QED) is 0.695. The summed E-state index contributed by atoms with van der Waals surface area (Å²) in [5.41, 5.74) is 2.18. The molecule has 0 aliphatic carbocycles. The largest absolute Gasteiger partial charge is 0.316 e. The highest BCUT2D eigenvalue weighted by Gasteiger charge is 2.18. The second-order valence-corrected chi connectivity index (χ2v) is 5.16. The molecule has 2 N–H and O–H groups in total. The van der Waals surface area contributed by atoms with Crippen LogP contribution in [0.2, 0.25) is 0 Å². The molecule has 1 atom stereocenters. The van der Waals surface area contributed by atoms with Crippen molar-refractivity contribution in [3.8, 4) is 0 Å². The first-order valence-electron chi connectivity index (χ1n) is 5.65. The summed E-state index contributed by atoms with van der Waals surface area (Å²) in [5, 5.41) is 3.29. The van der Waals surface area contributed by atoms with Crippen LogP contribution < -0.4 is 10.8 Å². The molecule has 4 heteroatoms. The third-order valence-electron chi connectivity index (χ3n) is 2.34. The zero-order valence-corrected chi connectivity index (χ0v) is 9.93. The van der Waals surface area contributed by atoms with E-state index < -0.39 is 0 Å². The van der Waals surface area contributed by atoms with Crippen molar-refractivity contribution in [3.63, 3.8) is 0 Å². The molecule has 1 heterocycles. The van der Waals surface area contributed by atoms with Gasteiger partial charge in [0, 0.05) is 6.42 Å². The zero-order chi connectivity index (χ0) is 11.3. The molecule has 1 aliphatic heterocycles. The van der Waals surface area contributed by atoms with E-state index in [1.54, 1.807) is 0 Å². The Kier molecular flexibility index (Phi) is 4.54. The van der Waals surface area contributed by atoms with Gasteiger partial charge in [0.25, 0.3) is 0 Å². The first-order chi connectivity index (χ1) is 6.97. The van der Waals surface area contributed by atoms with Gasteiger partial charge in [0.1, 0.15) is 0 Å². The van der Waals surface area contributed by atoms with Gasteiger partial charge < -0.3 is 5.32 Å². The predicted octanol–water partition coefficient (Wildman–Crippen LogP) is 1.22. The number of piperidine rings is 1. The fraction of sp³-hybridized carbons (Fsp3) is 0.909. The van der Waals surface area contributed by atoms with Crippen molar-refractivity contribution in [2.24, 2.45) is 5.92 Å². The van der Waals surface area contributed by atoms with Crippen molar-refractivity contribution in [1.82, 2.24) is 10.8 Å². The molecule has 0 spiro atoms. The van der Waals surface area contributed by atoms with Gasteiger partial charge in [-0.2, -0.15) is 0 Å². The average Bonchev–Trinajstić information content (AvgIpc) is 2.15. The molecule has 4 nitrogen and oxygen atoms in total. The van der Waals surface area contributed by atoms with E-state index in [2.05, 4.69) is 10.8 Å². The average molecular weight is 214 g/mol. The number of carbonyl (C=O) groups excluding carboxylic acids is 1. The number of hydroxylamine groups is 1. The molecule has 1 unspecified atom stereocenters. The molecule has 0 aromatic heterocycles. The van der Waals surface area contributed by atoms with Crippen LogP contribution >= 0.6 is 0 Å². The molecule has 15 heavy (non-hydrogen) atoms. The maximum Gasteiger partial charge on any atom is 0.243 e. The summed E-state index contributed by atoms with van der Waals surface area (Å²) in [5.74, 6) is 0.445. The van der Waals surface area contributed by atoms with Crippen molar-refractivity contribution in [2.75, 3.05) is 13.1 Å². The summed E-state index contributed by atoms with van der Waals surface area (Å²) in [6.45, 7) is 7.76. The standard InChI is InChI=1S/C11H22N2O2/c1-11(2,3)15-13-10(14)7-9-5-4-6-12-8-9/h9,12H,4-8H2,1-3H3,(H,13,14). The Morgan fingerprint density at radius 3 is 2.80 bits per heavy atom. The number of hydrogen-bond donors (Lipinski definition) is 2. The summed E-state index contributed by atoms with van der Waals surface area (Å²) >= 11 is 0. The SMILES string of the molecule is CC(C)(C)ONC(=O)CC1CCCNC1. The third-order valence-corrected chi connectivity index (χ3v) is 2.34. The molecule has 1 fully saturated rings. The fourth-order valence-corrected chi connectivity index (χ4v) is 1.61. The molecule has 0 saturated carbocycles. The van der Waals surface area contributed by atoms with Crippen molar-refractivity contribution < 1.29 is 9.63 Å². The van der Waals surface area contributed by atoms with Gasteiger partial charge in [-0.15, -0.1) is 0 Å². The van der Waals surface area contributed by atoms with E-state index in [0.717, 1.165) is 25.9 Å². The van der Waals surface area contributed by atoms with Crippen LogP contribution in [0.4, 0.5) is 0 Å². The fourth-order valence-electron chi connectivity index (χ4n) is 1.61. The Hall–Kier alpha value is -0.610. The number of amides is 1. The van der Waals surface area contributed by atoms with Crippen LogP contribution in [0.3, 0.4) is 0 Å². The van der Waals surface area contributed by atoms with Crippen molar-refractivity contribution in [3.05, 3.63) is 0 Å². The highest BCUT2D eigenvalue weighted by Crippen LogP contribution is 2.14. The molecule has 1 rings (SSSR count). The lowest BCUT2D eigenvalue weighted by atomic mass is 9.96. The first kappa shape index (κ1) is 12.5. The number of carbonyl (C=O) groups is 1. The number of nitrogens with one attached hydrogen (secondary N) is 2. The maximum absolute atomic E-state index is 11.5. The highest BCUT2D eigenvalue weighted by molar-refractivity contribution is 5.75. The second-order valence-electron chi connectivity index (χ2n) is 5.16. The van der Waals surface area contributed by atoms with E-state index in [1.807, 2.05) is 20.8 Å². The first-order valence-corrected chi connectivity index (χ1v) is 5.65. The van der Waals surface area contributed by atoms with Crippen LogP contribution in [0, 0.1) is 5.92 Å². The van der Waals surface area contributed by atoms with E-state index in [4.69, 9.17) is 4.84 Å². The van der Waals surface area contributed by atoms with Gasteiger partial charge in [-0.05, 0) is 52.6 Å². The van der Waals surface area contributed by atoms with Gasteiger partial charge in [0.2, 0.25) is 5.91 Å². The summed E-state index contributed by atoms with van der Waals surface area (Å²) in [6, 6.07) is 0. The van der Waals surface area contributed by atoms with Crippen LogP contribution in [-0.4, -0.2) is 24.6 Å². The van der Waals surface area contributed by atoms with Crippen molar-refractivity contribution in [2.45, 2.75) is 45.6 Å². The molecule has 88 valence electrons. The van der Waals surface area contributed by atoms with Crippen LogP contribution in [0.1, 0.15) is 40.0 Å². The molecular formula is C11H22N2O2. The van der Waals surface area contributed by atoms with Gasteiger partial charge in [0.05, 0.1) is 5.60 Å². The van der Waals surface area contributed by atoms with Gasteiger partial charge in [-0.3, -0.25) is 9.63 Å². The van der Waals surface area contributed by atoms with Crippen molar-refractivity contribution in [1.29, 1.82) is 0 Å². The van der Waals surface area contributed by atoms with Gasteiger partial charge in [-0.25, -0.2) is 5.48 Å². The van der Waals surface area contributed by atoms with Gasteiger partial charge in [0.15, 0.2) is 0 Å². The maximum atomic E-state index is 11.5. The van der Waals surface area contributed by atoms with E-state index >= 15 is 0 Å². The van der Waals surface area contributed by atoms with Crippen LogP contribution in [0.15, 0.2) is 0 Å². The number of rotatable bonds is 3. The number of hydrogen-bond acceptors (Lipinski definition) is 3. The Morgan fingerprint density at radius 1 is 1.53 bits per heavy atom. The molecule has 1 aliphatic rings. The molecule has 0 aromatic carbocycles. The minimum atomic E-state index is -0.319. The summed E-state index contributed by atoms with van der Waals surface area (Å²) in [6.07, 6.45) is 2.86. The van der Waals surface area contributed by atoms with Gasteiger partial charge >= 0.3 is 0 Å². The van der Waals surface area contributed by atoms with Crippen molar-refractivity contribution >= 4 is 5.91 Å². The zero-order valence-electron chi connectivity index (χ0n) is 9.93. The monoisotopic (exact) mass is 214 g/mol. The molecule has 0 radical (unpaired) electrons. The Bertz CT molecular complexity index is 205.